The highest BCUT2D eigenvalue weighted by Crippen LogP contribution is 2.34. The van der Waals surface area contributed by atoms with Crippen LogP contribution in [-0.2, 0) is 17.9 Å². The molecular formula is C27H30ClN3O2. The lowest BCUT2D eigenvalue weighted by Gasteiger charge is -2.32. The fourth-order valence-electron chi connectivity index (χ4n) is 5.35. The summed E-state index contributed by atoms with van der Waals surface area (Å²) >= 11 is 6.29. The number of allylic oxidation sites excluding steroid dienone is 1. The fourth-order valence-corrected chi connectivity index (χ4v) is 5.55. The lowest BCUT2D eigenvalue weighted by atomic mass is 9.87. The number of carbonyl (C=O) groups excluding carboxylic acids is 2. The Morgan fingerprint density at radius 3 is 2.61 bits per heavy atom. The van der Waals surface area contributed by atoms with E-state index in [0.29, 0.717) is 18.9 Å². The van der Waals surface area contributed by atoms with Crippen LogP contribution in [0.25, 0.3) is 0 Å². The van der Waals surface area contributed by atoms with Gasteiger partial charge in [-0.3, -0.25) is 14.5 Å². The largest absolute Gasteiger partial charge is 0.329 e. The molecule has 1 unspecified atom stereocenters. The van der Waals surface area contributed by atoms with Crippen LogP contribution in [0.2, 0.25) is 5.02 Å². The van der Waals surface area contributed by atoms with Crippen molar-refractivity contribution in [2.24, 2.45) is 0 Å². The van der Waals surface area contributed by atoms with E-state index in [1.807, 2.05) is 13.0 Å². The van der Waals surface area contributed by atoms with Crippen molar-refractivity contribution in [3.05, 3.63) is 81.5 Å². The van der Waals surface area contributed by atoms with Crippen molar-refractivity contribution in [3.8, 4) is 0 Å². The molecule has 0 spiro atoms. The molecule has 2 aromatic rings. The van der Waals surface area contributed by atoms with Crippen LogP contribution in [0.1, 0.15) is 64.2 Å². The van der Waals surface area contributed by atoms with Gasteiger partial charge in [0.2, 0.25) is 5.91 Å². The molecule has 2 amide bonds. The molecule has 0 bridgehead atoms. The number of halogens is 1. The van der Waals surface area contributed by atoms with E-state index in [4.69, 9.17) is 11.6 Å². The van der Waals surface area contributed by atoms with E-state index in [1.165, 1.54) is 11.1 Å². The van der Waals surface area contributed by atoms with Crippen LogP contribution < -0.4 is 5.32 Å². The van der Waals surface area contributed by atoms with Gasteiger partial charge in [-0.25, -0.2) is 0 Å². The average molecular weight is 464 g/mol. The molecule has 0 radical (unpaired) electrons. The number of nitrogens with one attached hydrogen (secondary N) is 1. The lowest BCUT2D eigenvalue weighted by molar-refractivity contribution is -0.126. The summed E-state index contributed by atoms with van der Waals surface area (Å²) in [6.07, 6.45) is 3.56. The van der Waals surface area contributed by atoms with E-state index in [0.717, 1.165) is 66.3 Å². The van der Waals surface area contributed by atoms with Crippen LogP contribution in [0, 0.1) is 6.92 Å². The Morgan fingerprint density at radius 1 is 1.09 bits per heavy atom. The van der Waals surface area contributed by atoms with E-state index in [2.05, 4.69) is 47.1 Å². The normalized spacial score (nSPS) is 21.9. The number of likely N-dealkylation sites (tertiary alicyclic amines) is 1. The van der Waals surface area contributed by atoms with Gasteiger partial charge in [0.05, 0.1) is 0 Å². The highest BCUT2D eigenvalue weighted by atomic mass is 35.5. The standard InChI is InChI=1S/C27H30ClN3O2/c1-17-3-5-19(13-24(17)28)15-30-11-9-20(10-12-30)21-6-7-23-22(14-21)16-31(27(23)33)25-8-4-18(2)29-26(25)32/h3,5-7,13-14,20,25H,2,4,8-12,15-16H2,1H3,(H,29,32). The molecule has 5 rings (SSSR count). The van der Waals surface area contributed by atoms with Crippen LogP contribution in [-0.4, -0.2) is 40.7 Å². The summed E-state index contributed by atoms with van der Waals surface area (Å²) in [5, 5.41) is 3.64. The molecule has 6 heteroatoms. The van der Waals surface area contributed by atoms with Crippen LogP contribution in [0.4, 0.5) is 0 Å². The van der Waals surface area contributed by atoms with Gasteiger partial charge in [-0.15, -0.1) is 0 Å². The molecule has 1 N–H and O–H groups in total. The van der Waals surface area contributed by atoms with Gasteiger partial charge in [0.15, 0.2) is 0 Å². The first-order valence-corrected chi connectivity index (χ1v) is 12.2. The van der Waals surface area contributed by atoms with E-state index in [1.54, 1.807) is 4.90 Å². The first-order valence-electron chi connectivity index (χ1n) is 11.8. The fraction of sp³-hybridized carbons (Fsp3) is 0.407. The van der Waals surface area contributed by atoms with Gasteiger partial charge in [0, 0.05) is 29.4 Å². The van der Waals surface area contributed by atoms with Crippen LogP contribution in [0.5, 0.6) is 0 Å². The molecule has 3 heterocycles. The lowest BCUT2D eigenvalue weighted by Crippen LogP contribution is -2.49. The number of amides is 2. The summed E-state index contributed by atoms with van der Waals surface area (Å²) in [5.74, 6) is 0.351. The summed E-state index contributed by atoms with van der Waals surface area (Å²) in [6.45, 7) is 9.40. The molecular weight excluding hydrogens is 434 g/mol. The minimum absolute atomic E-state index is 0.0317. The van der Waals surface area contributed by atoms with E-state index in [-0.39, 0.29) is 11.8 Å². The van der Waals surface area contributed by atoms with E-state index >= 15 is 0 Å². The summed E-state index contributed by atoms with van der Waals surface area (Å²) in [7, 11) is 0. The zero-order chi connectivity index (χ0) is 23.1. The summed E-state index contributed by atoms with van der Waals surface area (Å²) < 4.78 is 0. The highest BCUT2D eigenvalue weighted by molar-refractivity contribution is 6.31. The zero-order valence-corrected chi connectivity index (χ0v) is 19.8. The minimum Gasteiger partial charge on any atom is -0.329 e. The van der Waals surface area contributed by atoms with Crippen molar-refractivity contribution in [1.29, 1.82) is 0 Å². The molecule has 1 atom stereocenters. The molecule has 172 valence electrons. The number of fused-ring (bicyclic) bond motifs is 1. The molecule has 0 saturated carbocycles. The third-order valence-electron chi connectivity index (χ3n) is 7.36. The SMILES string of the molecule is C=C1CCC(N2Cc3cc(C4CCN(Cc5ccc(C)c(Cl)c5)CC4)ccc3C2=O)C(=O)N1. The number of aryl methyl sites for hydroxylation is 1. The third kappa shape index (κ3) is 4.44. The predicted molar refractivity (Wildman–Crippen MR) is 130 cm³/mol. The second-order valence-electron chi connectivity index (χ2n) is 9.63. The second-order valence-corrected chi connectivity index (χ2v) is 10.0. The monoisotopic (exact) mass is 463 g/mol. The molecule has 5 nitrogen and oxygen atoms in total. The van der Waals surface area contributed by atoms with Gasteiger partial charge in [-0.1, -0.05) is 42.4 Å². The topological polar surface area (TPSA) is 52.7 Å². The summed E-state index contributed by atoms with van der Waals surface area (Å²) in [4.78, 5) is 29.6. The summed E-state index contributed by atoms with van der Waals surface area (Å²) in [6, 6.07) is 12.2. The number of hydrogen-bond acceptors (Lipinski definition) is 3. The van der Waals surface area contributed by atoms with Crippen LogP contribution >= 0.6 is 11.6 Å². The number of carbonyl (C=O) groups is 2. The number of nitrogens with zero attached hydrogens (tertiary/aromatic N) is 2. The molecule has 3 aliphatic rings. The van der Waals surface area contributed by atoms with Crippen LogP contribution in [0.3, 0.4) is 0 Å². The maximum atomic E-state index is 13.0. The molecule has 3 aliphatic heterocycles. The number of rotatable bonds is 4. The zero-order valence-electron chi connectivity index (χ0n) is 19.1. The molecule has 2 saturated heterocycles. The van der Waals surface area contributed by atoms with Gasteiger partial charge in [0.1, 0.15) is 6.04 Å². The van der Waals surface area contributed by atoms with Gasteiger partial charge in [-0.05, 0) is 86.0 Å². The Kier molecular flexibility index (Phi) is 6.02. The molecule has 2 fully saturated rings. The maximum absolute atomic E-state index is 13.0. The average Bonchev–Trinajstić information content (AvgIpc) is 3.12. The predicted octanol–water partition coefficient (Wildman–Crippen LogP) is 4.78. The number of hydrogen-bond donors (Lipinski definition) is 1. The smallest absolute Gasteiger partial charge is 0.255 e. The molecule has 0 aliphatic carbocycles. The Morgan fingerprint density at radius 2 is 1.88 bits per heavy atom. The number of benzene rings is 2. The quantitative estimate of drug-likeness (QED) is 0.710. The van der Waals surface area contributed by atoms with Crippen molar-refractivity contribution in [1.82, 2.24) is 15.1 Å². The van der Waals surface area contributed by atoms with Crippen molar-refractivity contribution >= 4 is 23.4 Å². The first-order chi connectivity index (χ1) is 15.9. The van der Waals surface area contributed by atoms with Gasteiger partial charge < -0.3 is 10.2 Å². The first kappa shape index (κ1) is 22.2. The molecule has 33 heavy (non-hydrogen) atoms. The number of piperidine rings is 2. The Balaban J connectivity index is 1.22. The van der Waals surface area contributed by atoms with E-state index < -0.39 is 6.04 Å². The van der Waals surface area contributed by atoms with E-state index in [9.17, 15) is 9.59 Å². The van der Waals surface area contributed by atoms with Gasteiger partial charge in [-0.2, -0.15) is 0 Å². The van der Waals surface area contributed by atoms with Crippen molar-refractivity contribution in [2.75, 3.05) is 13.1 Å². The van der Waals surface area contributed by atoms with Gasteiger partial charge in [0.25, 0.3) is 5.91 Å². The van der Waals surface area contributed by atoms with Crippen molar-refractivity contribution in [3.63, 3.8) is 0 Å². The Labute approximate surface area is 200 Å². The third-order valence-corrected chi connectivity index (χ3v) is 7.77. The minimum atomic E-state index is -0.405. The van der Waals surface area contributed by atoms with Crippen molar-refractivity contribution < 1.29 is 9.59 Å². The van der Waals surface area contributed by atoms with Crippen LogP contribution in [0.15, 0.2) is 48.7 Å². The van der Waals surface area contributed by atoms with Crippen molar-refractivity contribution in [2.45, 2.75) is 57.7 Å². The second kappa shape index (κ2) is 8.96. The Hall–Kier alpha value is -2.63. The maximum Gasteiger partial charge on any atom is 0.255 e. The molecule has 2 aromatic carbocycles. The Bertz CT molecular complexity index is 1120. The summed E-state index contributed by atoms with van der Waals surface area (Å²) in [5.41, 5.74) is 6.20. The highest BCUT2D eigenvalue weighted by Gasteiger charge is 2.38. The van der Waals surface area contributed by atoms with Gasteiger partial charge >= 0.3 is 0 Å². The molecule has 0 aromatic heterocycles.